The van der Waals surface area contributed by atoms with Crippen molar-refractivity contribution in [1.82, 2.24) is 4.31 Å². The third kappa shape index (κ3) is 4.91. The van der Waals surface area contributed by atoms with Crippen molar-refractivity contribution in [3.05, 3.63) is 54.6 Å². The molecule has 0 bridgehead atoms. The molecule has 28 heavy (non-hydrogen) atoms. The largest absolute Gasteiger partial charge is 0.491 e. The van der Waals surface area contributed by atoms with Gasteiger partial charge in [-0.15, -0.1) is 0 Å². The molecule has 3 rings (SSSR count). The Morgan fingerprint density at radius 3 is 2.39 bits per heavy atom. The number of ether oxygens (including phenoxy) is 1. The number of nitrogens with one attached hydrogen (secondary N) is 1. The van der Waals surface area contributed by atoms with Gasteiger partial charge in [0.2, 0.25) is 15.9 Å². The lowest BCUT2D eigenvalue weighted by atomic mass is 9.97. The van der Waals surface area contributed by atoms with Crippen molar-refractivity contribution in [1.29, 1.82) is 0 Å². The Kier molecular flexibility index (Phi) is 6.36. The lowest BCUT2D eigenvalue weighted by Gasteiger charge is -2.30. The molecule has 1 aliphatic rings. The Morgan fingerprint density at radius 1 is 1.07 bits per heavy atom. The fraction of sp³-hybridized carbons (Fsp3) is 0.381. The molecule has 1 N–H and O–H groups in total. The normalized spacial score (nSPS) is 16.1. The van der Waals surface area contributed by atoms with E-state index in [0.717, 1.165) is 0 Å². The van der Waals surface area contributed by atoms with E-state index in [2.05, 4.69) is 5.32 Å². The number of amides is 1. The first-order chi connectivity index (χ1) is 13.4. The minimum atomic E-state index is -3.50. The smallest absolute Gasteiger partial charge is 0.243 e. The van der Waals surface area contributed by atoms with E-state index in [1.165, 1.54) is 4.31 Å². The standard InChI is InChI=1S/C21H26N2O4S/c1-16(2)27-19-8-6-7-18(15-19)22-21(24)17-11-13-23(14-12-17)28(25,26)20-9-4-3-5-10-20/h3-10,15-17H,11-14H2,1-2H3,(H,22,24). The summed E-state index contributed by atoms with van der Waals surface area (Å²) < 4.78 is 32.5. The van der Waals surface area contributed by atoms with Gasteiger partial charge in [-0.05, 0) is 51.0 Å². The third-order valence-corrected chi connectivity index (χ3v) is 6.59. The maximum Gasteiger partial charge on any atom is 0.243 e. The molecule has 1 saturated heterocycles. The molecule has 2 aromatic rings. The second-order valence-corrected chi connectivity index (χ2v) is 9.11. The van der Waals surface area contributed by atoms with Crippen LogP contribution in [0.5, 0.6) is 5.75 Å². The second-order valence-electron chi connectivity index (χ2n) is 7.18. The lowest BCUT2D eigenvalue weighted by Crippen LogP contribution is -2.41. The molecule has 1 heterocycles. The van der Waals surface area contributed by atoms with E-state index < -0.39 is 10.0 Å². The number of piperidine rings is 1. The molecule has 1 fully saturated rings. The molecular weight excluding hydrogens is 376 g/mol. The number of anilines is 1. The van der Waals surface area contributed by atoms with Crippen LogP contribution in [0.3, 0.4) is 0 Å². The number of nitrogens with zero attached hydrogens (tertiary/aromatic N) is 1. The second kappa shape index (κ2) is 8.75. The predicted octanol–water partition coefficient (Wildman–Crippen LogP) is 3.51. The fourth-order valence-electron chi connectivity index (χ4n) is 3.26. The van der Waals surface area contributed by atoms with Gasteiger partial charge in [0.25, 0.3) is 0 Å². The highest BCUT2D eigenvalue weighted by atomic mass is 32.2. The van der Waals surface area contributed by atoms with Crippen LogP contribution in [0.4, 0.5) is 5.69 Å². The van der Waals surface area contributed by atoms with Gasteiger partial charge in [-0.3, -0.25) is 4.79 Å². The molecule has 0 spiro atoms. The van der Waals surface area contributed by atoms with Crippen molar-refractivity contribution >= 4 is 21.6 Å². The van der Waals surface area contributed by atoms with Gasteiger partial charge in [-0.1, -0.05) is 24.3 Å². The maximum absolute atomic E-state index is 12.7. The maximum atomic E-state index is 12.7. The van der Waals surface area contributed by atoms with Crippen LogP contribution in [0.15, 0.2) is 59.5 Å². The molecule has 0 radical (unpaired) electrons. The molecule has 2 aromatic carbocycles. The van der Waals surface area contributed by atoms with Crippen LogP contribution >= 0.6 is 0 Å². The van der Waals surface area contributed by atoms with Crippen LogP contribution in [-0.4, -0.2) is 37.8 Å². The Labute approximate surface area is 166 Å². The summed E-state index contributed by atoms with van der Waals surface area (Å²) in [6.45, 7) is 4.57. The number of sulfonamides is 1. The quantitative estimate of drug-likeness (QED) is 0.802. The molecule has 0 aromatic heterocycles. The molecule has 0 saturated carbocycles. The highest BCUT2D eigenvalue weighted by Gasteiger charge is 2.32. The van der Waals surface area contributed by atoms with Crippen LogP contribution in [0, 0.1) is 5.92 Å². The fourth-order valence-corrected chi connectivity index (χ4v) is 4.75. The van der Waals surface area contributed by atoms with Crippen molar-refractivity contribution < 1.29 is 17.9 Å². The summed E-state index contributed by atoms with van der Waals surface area (Å²) in [4.78, 5) is 12.9. The van der Waals surface area contributed by atoms with Crippen LogP contribution in [0.25, 0.3) is 0 Å². The molecule has 7 heteroatoms. The van der Waals surface area contributed by atoms with E-state index >= 15 is 0 Å². The van der Waals surface area contributed by atoms with Crippen LogP contribution in [-0.2, 0) is 14.8 Å². The topological polar surface area (TPSA) is 75.7 Å². The van der Waals surface area contributed by atoms with Gasteiger partial charge in [0.05, 0.1) is 11.0 Å². The van der Waals surface area contributed by atoms with Gasteiger partial charge in [0, 0.05) is 30.8 Å². The summed E-state index contributed by atoms with van der Waals surface area (Å²) in [6, 6.07) is 15.7. The molecular formula is C21H26N2O4S. The first-order valence-electron chi connectivity index (χ1n) is 9.49. The van der Waals surface area contributed by atoms with Crippen molar-refractivity contribution in [3.63, 3.8) is 0 Å². The van der Waals surface area contributed by atoms with E-state index in [1.807, 2.05) is 32.0 Å². The average Bonchev–Trinajstić information content (AvgIpc) is 2.68. The molecule has 1 aliphatic heterocycles. The zero-order valence-electron chi connectivity index (χ0n) is 16.2. The van der Waals surface area contributed by atoms with E-state index in [4.69, 9.17) is 4.74 Å². The Bertz CT molecular complexity index is 905. The van der Waals surface area contributed by atoms with E-state index in [9.17, 15) is 13.2 Å². The van der Waals surface area contributed by atoms with Crippen LogP contribution < -0.4 is 10.1 Å². The average molecular weight is 403 g/mol. The summed E-state index contributed by atoms with van der Waals surface area (Å²) in [5.74, 6) is 0.409. The first kappa shape index (κ1) is 20.4. The summed E-state index contributed by atoms with van der Waals surface area (Å²) in [6.07, 6.45) is 1.06. The lowest BCUT2D eigenvalue weighted by molar-refractivity contribution is -0.120. The Morgan fingerprint density at radius 2 is 1.75 bits per heavy atom. The van der Waals surface area contributed by atoms with Crippen molar-refractivity contribution in [3.8, 4) is 5.75 Å². The van der Waals surface area contributed by atoms with Gasteiger partial charge in [-0.25, -0.2) is 8.42 Å². The zero-order chi connectivity index (χ0) is 20.1. The molecule has 0 aliphatic carbocycles. The minimum Gasteiger partial charge on any atom is -0.491 e. The number of carbonyl (C=O) groups is 1. The highest BCUT2D eigenvalue weighted by molar-refractivity contribution is 7.89. The number of hydrogen-bond donors (Lipinski definition) is 1. The van der Waals surface area contributed by atoms with Gasteiger partial charge < -0.3 is 10.1 Å². The van der Waals surface area contributed by atoms with Gasteiger partial charge in [0.1, 0.15) is 5.75 Å². The SMILES string of the molecule is CC(C)Oc1cccc(NC(=O)C2CCN(S(=O)(=O)c3ccccc3)CC2)c1. The molecule has 6 nitrogen and oxygen atoms in total. The van der Waals surface area contributed by atoms with Crippen molar-refractivity contribution in [2.45, 2.75) is 37.7 Å². The van der Waals surface area contributed by atoms with Crippen LogP contribution in [0.1, 0.15) is 26.7 Å². The van der Waals surface area contributed by atoms with Crippen molar-refractivity contribution in [2.24, 2.45) is 5.92 Å². The Hall–Kier alpha value is -2.38. The number of carbonyl (C=O) groups excluding carboxylic acids is 1. The highest BCUT2D eigenvalue weighted by Crippen LogP contribution is 2.25. The van der Waals surface area contributed by atoms with E-state index in [-0.39, 0.29) is 17.9 Å². The summed E-state index contributed by atoms with van der Waals surface area (Å²) in [5.41, 5.74) is 0.683. The molecule has 150 valence electrons. The summed E-state index contributed by atoms with van der Waals surface area (Å²) in [5, 5.41) is 2.92. The van der Waals surface area contributed by atoms with Gasteiger partial charge in [-0.2, -0.15) is 4.31 Å². The Balaban J connectivity index is 1.58. The number of benzene rings is 2. The minimum absolute atomic E-state index is 0.0573. The van der Waals surface area contributed by atoms with Crippen molar-refractivity contribution in [2.75, 3.05) is 18.4 Å². The summed E-state index contributed by atoms with van der Waals surface area (Å²) in [7, 11) is -3.50. The monoisotopic (exact) mass is 402 g/mol. The number of hydrogen-bond acceptors (Lipinski definition) is 4. The van der Waals surface area contributed by atoms with Crippen LogP contribution in [0.2, 0.25) is 0 Å². The third-order valence-electron chi connectivity index (χ3n) is 4.68. The van der Waals surface area contributed by atoms with E-state index in [0.29, 0.717) is 42.3 Å². The molecule has 0 unspecified atom stereocenters. The summed E-state index contributed by atoms with van der Waals surface area (Å²) >= 11 is 0. The van der Waals surface area contributed by atoms with Gasteiger partial charge >= 0.3 is 0 Å². The molecule has 1 amide bonds. The molecule has 0 atom stereocenters. The van der Waals surface area contributed by atoms with E-state index in [1.54, 1.807) is 36.4 Å². The van der Waals surface area contributed by atoms with Gasteiger partial charge in [0.15, 0.2) is 0 Å². The first-order valence-corrected chi connectivity index (χ1v) is 10.9. The zero-order valence-corrected chi connectivity index (χ0v) is 17.0. The predicted molar refractivity (Wildman–Crippen MR) is 109 cm³/mol. The number of rotatable bonds is 6.